The normalized spacial score (nSPS) is 11.0. The molecule has 0 unspecified atom stereocenters. The Kier molecular flexibility index (Phi) is 8.64. The lowest BCUT2D eigenvalue weighted by Gasteiger charge is -2.16. The molecule has 3 aromatic rings. The number of para-hydroxylation sites is 1. The summed E-state index contributed by atoms with van der Waals surface area (Å²) in [7, 11) is 4.75. The number of benzene rings is 2. The summed E-state index contributed by atoms with van der Waals surface area (Å²) >= 11 is 0. The van der Waals surface area contributed by atoms with Crippen LogP contribution in [0.5, 0.6) is 17.2 Å². The highest BCUT2D eigenvalue weighted by Gasteiger charge is 2.14. The van der Waals surface area contributed by atoms with Crippen LogP contribution in [-0.2, 0) is 6.54 Å². The second-order valence-corrected chi connectivity index (χ2v) is 6.38. The molecule has 3 rings (SSSR count). The van der Waals surface area contributed by atoms with Crippen molar-refractivity contribution >= 4 is 46.6 Å². The molecule has 7 nitrogen and oxygen atoms in total. The third-order valence-corrected chi connectivity index (χ3v) is 4.59. The zero-order valence-corrected chi connectivity index (χ0v) is 20.2. The molecule has 0 bridgehead atoms. The molecule has 8 heteroatoms. The first-order valence-corrected chi connectivity index (χ1v) is 9.43. The minimum Gasteiger partial charge on any atom is -0.493 e. The molecular formula is C22H28IN3O4. The maximum Gasteiger partial charge on any atom is 0.203 e. The molecule has 0 aliphatic heterocycles. The molecule has 2 aromatic carbocycles. The van der Waals surface area contributed by atoms with Crippen molar-refractivity contribution in [3.8, 4) is 17.2 Å². The van der Waals surface area contributed by atoms with Gasteiger partial charge in [-0.25, -0.2) is 4.99 Å². The molecule has 1 heterocycles. The van der Waals surface area contributed by atoms with Crippen molar-refractivity contribution in [2.24, 2.45) is 4.99 Å². The van der Waals surface area contributed by atoms with E-state index in [-0.39, 0.29) is 24.0 Å². The first-order valence-electron chi connectivity index (χ1n) is 9.43. The summed E-state index contributed by atoms with van der Waals surface area (Å²) in [4.78, 5) is 4.68. The average Bonchev–Trinajstić information content (AvgIpc) is 3.07. The summed E-state index contributed by atoms with van der Waals surface area (Å²) in [6.45, 7) is 5.20. The standard InChI is InChI=1S/C22H27N3O4.HI/c1-6-23-22(24-13-20-14(2)16-9-7-8-10-17(16)29-20)25-15-11-18(26-3)21(28-5)19(12-15)27-4;/h7-12H,6,13H2,1-5H3,(H2,23,24,25);1H. The van der Waals surface area contributed by atoms with Crippen LogP contribution >= 0.6 is 24.0 Å². The summed E-state index contributed by atoms with van der Waals surface area (Å²) in [5.41, 5.74) is 2.74. The number of hydrogen-bond acceptors (Lipinski definition) is 5. The van der Waals surface area contributed by atoms with Gasteiger partial charge in [0.05, 0.1) is 21.3 Å². The van der Waals surface area contributed by atoms with E-state index in [0.717, 1.165) is 34.5 Å². The Bertz CT molecular complexity index is 992. The van der Waals surface area contributed by atoms with Crippen molar-refractivity contribution in [2.75, 3.05) is 33.2 Å². The second kappa shape index (κ2) is 11.0. The number of anilines is 1. The highest BCUT2D eigenvalue weighted by atomic mass is 127. The van der Waals surface area contributed by atoms with Crippen LogP contribution in [0.25, 0.3) is 11.0 Å². The number of aliphatic imine (C=N–C) groups is 1. The highest BCUT2D eigenvalue weighted by molar-refractivity contribution is 14.0. The van der Waals surface area contributed by atoms with Crippen molar-refractivity contribution in [3.05, 3.63) is 47.7 Å². The van der Waals surface area contributed by atoms with Crippen molar-refractivity contribution < 1.29 is 18.6 Å². The number of fused-ring (bicyclic) bond motifs is 1. The Morgan fingerprint density at radius 3 is 2.27 bits per heavy atom. The topological polar surface area (TPSA) is 77.3 Å². The van der Waals surface area contributed by atoms with Crippen LogP contribution in [0.4, 0.5) is 5.69 Å². The van der Waals surface area contributed by atoms with E-state index in [0.29, 0.717) is 29.8 Å². The second-order valence-electron chi connectivity index (χ2n) is 6.38. The third-order valence-electron chi connectivity index (χ3n) is 4.59. The van der Waals surface area contributed by atoms with Gasteiger partial charge in [0.2, 0.25) is 5.75 Å². The lowest BCUT2D eigenvalue weighted by atomic mass is 10.1. The Morgan fingerprint density at radius 2 is 1.70 bits per heavy atom. The minimum absolute atomic E-state index is 0. The first kappa shape index (κ1) is 23.7. The van der Waals surface area contributed by atoms with Crippen molar-refractivity contribution in [3.63, 3.8) is 0 Å². The highest BCUT2D eigenvalue weighted by Crippen LogP contribution is 2.39. The fraction of sp³-hybridized carbons (Fsp3) is 0.318. The number of guanidine groups is 1. The maximum atomic E-state index is 5.96. The van der Waals surface area contributed by atoms with Gasteiger partial charge in [0.1, 0.15) is 17.9 Å². The van der Waals surface area contributed by atoms with Gasteiger partial charge in [-0.3, -0.25) is 0 Å². The molecule has 162 valence electrons. The minimum atomic E-state index is 0. The van der Waals surface area contributed by atoms with Crippen molar-refractivity contribution in [2.45, 2.75) is 20.4 Å². The molecule has 0 aliphatic rings. The molecule has 1 aromatic heterocycles. The van der Waals surface area contributed by atoms with E-state index < -0.39 is 0 Å². The van der Waals surface area contributed by atoms with Gasteiger partial charge in [-0.05, 0) is 19.9 Å². The molecule has 0 amide bonds. The number of rotatable bonds is 7. The fourth-order valence-corrected chi connectivity index (χ4v) is 3.12. The molecule has 0 fully saturated rings. The Labute approximate surface area is 193 Å². The monoisotopic (exact) mass is 525 g/mol. The molecule has 0 radical (unpaired) electrons. The Hall–Kier alpha value is -2.62. The molecule has 2 N–H and O–H groups in total. The molecule has 0 spiro atoms. The van der Waals surface area contributed by atoms with Crippen LogP contribution in [-0.4, -0.2) is 33.8 Å². The van der Waals surface area contributed by atoms with Gasteiger partial charge in [0, 0.05) is 35.3 Å². The smallest absolute Gasteiger partial charge is 0.203 e. The van der Waals surface area contributed by atoms with Crippen LogP contribution < -0.4 is 24.8 Å². The van der Waals surface area contributed by atoms with Gasteiger partial charge < -0.3 is 29.3 Å². The van der Waals surface area contributed by atoms with Gasteiger partial charge in [-0.2, -0.15) is 0 Å². The van der Waals surface area contributed by atoms with Crippen LogP contribution in [0.2, 0.25) is 0 Å². The van der Waals surface area contributed by atoms with Crippen LogP contribution in [0.3, 0.4) is 0 Å². The van der Waals surface area contributed by atoms with E-state index in [2.05, 4.69) is 28.6 Å². The number of aryl methyl sites for hydroxylation is 1. The number of methoxy groups -OCH3 is 3. The van der Waals surface area contributed by atoms with E-state index in [9.17, 15) is 0 Å². The van der Waals surface area contributed by atoms with Gasteiger partial charge >= 0.3 is 0 Å². The van der Waals surface area contributed by atoms with Crippen molar-refractivity contribution in [1.29, 1.82) is 0 Å². The number of nitrogens with zero attached hydrogens (tertiary/aromatic N) is 1. The summed E-state index contributed by atoms with van der Waals surface area (Å²) in [5, 5.41) is 7.64. The molecule has 0 aliphatic carbocycles. The zero-order valence-electron chi connectivity index (χ0n) is 17.9. The Balaban J connectivity index is 0.00000320. The lowest BCUT2D eigenvalue weighted by molar-refractivity contribution is 0.324. The van der Waals surface area contributed by atoms with Crippen molar-refractivity contribution in [1.82, 2.24) is 5.32 Å². The Morgan fingerprint density at radius 1 is 1.03 bits per heavy atom. The maximum absolute atomic E-state index is 5.96. The van der Waals surface area contributed by atoms with E-state index in [1.165, 1.54) is 0 Å². The SMILES string of the molecule is CCNC(=NCc1oc2ccccc2c1C)Nc1cc(OC)c(OC)c(OC)c1.I. The molecular weight excluding hydrogens is 497 g/mol. The molecule has 30 heavy (non-hydrogen) atoms. The number of furan rings is 1. The number of halogens is 1. The van der Waals surface area contributed by atoms with Crippen LogP contribution in [0, 0.1) is 6.92 Å². The summed E-state index contributed by atoms with van der Waals surface area (Å²) in [5.74, 6) is 3.15. The fourth-order valence-electron chi connectivity index (χ4n) is 3.12. The summed E-state index contributed by atoms with van der Waals surface area (Å²) in [6, 6.07) is 11.7. The van der Waals surface area contributed by atoms with E-state index in [1.54, 1.807) is 21.3 Å². The number of nitrogens with one attached hydrogen (secondary N) is 2. The quantitative estimate of drug-likeness (QED) is 0.258. The molecule has 0 atom stereocenters. The van der Waals surface area contributed by atoms with Crippen LogP contribution in [0.1, 0.15) is 18.2 Å². The van der Waals surface area contributed by atoms with Crippen LogP contribution in [0.15, 0.2) is 45.8 Å². The van der Waals surface area contributed by atoms with Gasteiger partial charge in [0.25, 0.3) is 0 Å². The lowest BCUT2D eigenvalue weighted by Crippen LogP contribution is -2.30. The van der Waals surface area contributed by atoms with Gasteiger partial charge in [0.15, 0.2) is 17.5 Å². The van der Waals surface area contributed by atoms with Gasteiger partial charge in [-0.15, -0.1) is 24.0 Å². The largest absolute Gasteiger partial charge is 0.493 e. The molecule has 0 saturated heterocycles. The number of hydrogen-bond donors (Lipinski definition) is 2. The predicted octanol–water partition coefficient (Wildman–Crippen LogP) is 4.96. The van der Waals surface area contributed by atoms with Gasteiger partial charge in [-0.1, -0.05) is 18.2 Å². The zero-order chi connectivity index (χ0) is 20.8. The summed E-state index contributed by atoms with van der Waals surface area (Å²) in [6.07, 6.45) is 0. The molecule has 0 saturated carbocycles. The number of ether oxygens (including phenoxy) is 3. The summed E-state index contributed by atoms with van der Waals surface area (Å²) < 4.78 is 22.2. The first-order chi connectivity index (χ1) is 14.1. The van der Waals surface area contributed by atoms with E-state index >= 15 is 0 Å². The van der Waals surface area contributed by atoms with E-state index in [4.69, 9.17) is 18.6 Å². The third kappa shape index (κ3) is 5.10. The average molecular weight is 525 g/mol. The predicted molar refractivity (Wildman–Crippen MR) is 131 cm³/mol. The van der Waals surface area contributed by atoms with E-state index in [1.807, 2.05) is 37.3 Å².